The van der Waals surface area contributed by atoms with Crippen LogP contribution in [0.3, 0.4) is 0 Å². The third kappa shape index (κ3) is 2.04. The number of hydrogen-bond acceptors (Lipinski definition) is 5. The molecule has 0 spiro atoms. The smallest absolute Gasteiger partial charge is 0.355 e. The summed E-state index contributed by atoms with van der Waals surface area (Å²) in [5, 5.41) is 19.6. The van der Waals surface area contributed by atoms with Gasteiger partial charge in [0.2, 0.25) is 0 Å². The molecular weight excluding hydrogens is 326 g/mol. The van der Waals surface area contributed by atoms with Gasteiger partial charge in [0.1, 0.15) is 17.7 Å². The number of nitriles is 2. The molecule has 1 aromatic heterocycles. The van der Waals surface area contributed by atoms with E-state index in [4.69, 9.17) is 4.42 Å². The fraction of sp³-hybridized carbons (Fsp3) is 0.476. The molecule has 132 valence electrons. The van der Waals surface area contributed by atoms with Crippen molar-refractivity contribution in [2.24, 2.45) is 0 Å². The van der Waals surface area contributed by atoms with Crippen LogP contribution in [-0.2, 0) is 10.8 Å². The van der Waals surface area contributed by atoms with E-state index in [-0.39, 0.29) is 22.0 Å². The Labute approximate surface area is 152 Å². The fourth-order valence-corrected chi connectivity index (χ4v) is 4.44. The monoisotopic (exact) mass is 347 g/mol. The van der Waals surface area contributed by atoms with E-state index in [1.807, 2.05) is 12.1 Å². The summed E-state index contributed by atoms with van der Waals surface area (Å²) in [4.78, 5) is 14.7. The van der Waals surface area contributed by atoms with Crippen molar-refractivity contribution in [3.63, 3.8) is 0 Å². The average molecular weight is 347 g/mol. The number of hydrogen-bond donors (Lipinski definition) is 0. The maximum Gasteiger partial charge on any atom is 0.355 e. The van der Waals surface area contributed by atoms with Crippen LogP contribution in [0.1, 0.15) is 62.8 Å². The molecular formula is C21H21N3O2. The van der Waals surface area contributed by atoms with Gasteiger partial charge in [0, 0.05) is 29.7 Å². The zero-order valence-electron chi connectivity index (χ0n) is 15.6. The van der Waals surface area contributed by atoms with Crippen LogP contribution in [0.25, 0.3) is 11.0 Å². The van der Waals surface area contributed by atoms with Gasteiger partial charge in [-0.1, -0.05) is 27.7 Å². The Bertz CT molecular complexity index is 1090. The highest BCUT2D eigenvalue weighted by Gasteiger charge is 2.42. The molecule has 0 N–H and O–H groups in total. The molecule has 2 aliphatic heterocycles. The molecule has 0 amide bonds. The van der Waals surface area contributed by atoms with Gasteiger partial charge in [0.05, 0.1) is 5.56 Å². The maximum absolute atomic E-state index is 12.4. The minimum Gasteiger partial charge on any atom is -0.421 e. The Balaban J connectivity index is 2.28. The predicted molar refractivity (Wildman–Crippen MR) is 99.4 cm³/mol. The first kappa shape index (κ1) is 16.7. The number of anilines is 1. The van der Waals surface area contributed by atoms with Gasteiger partial charge >= 0.3 is 5.63 Å². The van der Waals surface area contributed by atoms with Crippen molar-refractivity contribution in [2.45, 2.75) is 51.4 Å². The van der Waals surface area contributed by atoms with E-state index in [1.165, 1.54) is 5.56 Å². The average Bonchev–Trinajstić information content (AvgIpc) is 2.58. The second-order valence-corrected chi connectivity index (χ2v) is 8.64. The second kappa shape index (κ2) is 5.11. The molecule has 26 heavy (non-hydrogen) atoms. The normalized spacial score (nSPS) is 19.5. The molecule has 0 bridgehead atoms. The molecule has 0 saturated carbocycles. The third-order valence-electron chi connectivity index (χ3n) is 6.13. The summed E-state index contributed by atoms with van der Waals surface area (Å²) >= 11 is 0. The van der Waals surface area contributed by atoms with E-state index in [0.29, 0.717) is 11.0 Å². The van der Waals surface area contributed by atoms with Crippen LogP contribution in [0.4, 0.5) is 5.69 Å². The lowest BCUT2D eigenvalue weighted by Crippen LogP contribution is -2.44. The highest BCUT2D eigenvalue weighted by molar-refractivity contribution is 5.94. The molecule has 2 aromatic rings. The summed E-state index contributed by atoms with van der Waals surface area (Å²) in [5.41, 5.74) is 2.78. The highest BCUT2D eigenvalue weighted by atomic mass is 16.4. The molecule has 0 radical (unpaired) electrons. The summed E-state index contributed by atoms with van der Waals surface area (Å²) in [6, 6.07) is 5.90. The van der Waals surface area contributed by atoms with Gasteiger partial charge in [-0.3, -0.25) is 0 Å². The maximum atomic E-state index is 12.4. The van der Waals surface area contributed by atoms with Crippen molar-refractivity contribution in [2.75, 3.05) is 18.0 Å². The van der Waals surface area contributed by atoms with Gasteiger partial charge in [0.15, 0.2) is 5.56 Å². The van der Waals surface area contributed by atoms with E-state index < -0.39 is 5.63 Å². The molecule has 3 heterocycles. The van der Waals surface area contributed by atoms with E-state index >= 15 is 0 Å². The second-order valence-electron chi connectivity index (χ2n) is 8.64. The van der Waals surface area contributed by atoms with Crippen LogP contribution in [0.5, 0.6) is 0 Å². The lowest BCUT2D eigenvalue weighted by molar-refractivity contribution is 0.398. The summed E-state index contributed by atoms with van der Waals surface area (Å²) in [6.07, 6.45) is 1.97. The highest BCUT2D eigenvalue weighted by Crippen LogP contribution is 2.51. The van der Waals surface area contributed by atoms with Gasteiger partial charge in [-0.15, -0.1) is 0 Å². The topological polar surface area (TPSA) is 81.0 Å². The molecule has 0 saturated heterocycles. The third-order valence-corrected chi connectivity index (χ3v) is 6.13. The molecule has 4 rings (SSSR count). The Hall–Kier alpha value is -2.79. The van der Waals surface area contributed by atoms with E-state index in [0.717, 1.165) is 37.2 Å². The van der Waals surface area contributed by atoms with Crippen molar-refractivity contribution in [1.82, 2.24) is 0 Å². The SMILES string of the molecule is CC1(C)CCN2CCC(C)(C)c3c2c1cc1c(C#N)c(C#N)c(=O)oc31. The van der Waals surface area contributed by atoms with E-state index in [1.54, 1.807) is 0 Å². The van der Waals surface area contributed by atoms with Gasteiger partial charge < -0.3 is 9.32 Å². The Kier molecular flexibility index (Phi) is 3.28. The lowest BCUT2D eigenvalue weighted by Gasteiger charge is -2.48. The first-order chi connectivity index (χ1) is 12.2. The molecule has 0 aliphatic carbocycles. The van der Waals surface area contributed by atoms with Crippen LogP contribution in [0, 0.1) is 22.7 Å². The molecule has 0 atom stereocenters. The van der Waals surface area contributed by atoms with Crippen LogP contribution in [0.2, 0.25) is 0 Å². The number of rotatable bonds is 0. The summed E-state index contributed by atoms with van der Waals surface area (Å²) in [7, 11) is 0. The Morgan fingerprint density at radius 2 is 1.65 bits per heavy atom. The molecule has 1 aromatic carbocycles. The zero-order valence-corrected chi connectivity index (χ0v) is 15.6. The Morgan fingerprint density at radius 1 is 1.04 bits per heavy atom. The van der Waals surface area contributed by atoms with Crippen LogP contribution < -0.4 is 10.5 Å². The quantitative estimate of drug-likeness (QED) is 0.679. The number of nitrogens with zero attached hydrogens (tertiary/aromatic N) is 3. The molecule has 5 nitrogen and oxygen atoms in total. The van der Waals surface area contributed by atoms with Gasteiger partial charge in [-0.25, -0.2) is 4.79 Å². The lowest BCUT2D eigenvalue weighted by atomic mass is 9.69. The Morgan fingerprint density at radius 3 is 2.27 bits per heavy atom. The van der Waals surface area contributed by atoms with Gasteiger partial charge in [-0.05, 0) is 35.3 Å². The van der Waals surface area contributed by atoms with Crippen molar-refractivity contribution >= 4 is 16.7 Å². The molecule has 5 heteroatoms. The molecule has 0 unspecified atom stereocenters. The largest absolute Gasteiger partial charge is 0.421 e. The summed E-state index contributed by atoms with van der Waals surface area (Å²) < 4.78 is 5.64. The van der Waals surface area contributed by atoms with Crippen LogP contribution in [-0.4, -0.2) is 13.1 Å². The minimum absolute atomic E-state index is 0.0438. The number of fused-ring (bicyclic) bond motifs is 2. The molecule has 0 fully saturated rings. The van der Waals surface area contributed by atoms with Gasteiger partial charge in [0.25, 0.3) is 0 Å². The first-order valence-electron chi connectivity index (χ1n) is 8.95. The van der Waals surface area contributed by atoms with Crippen molar-refractivity contribution < 1.29 is 4.42 Å². The van der Waals surface area contributed by atoms with Gasteiger partial charge in [-0.2, -0.15) is 10.5 Å². The number of benzene rings is 1. The van der Waals surface area contributed by atoms with Crippen molar-refractivity contribution in [1.29, 1.82) is 10.5 Å². The zero-order chi connectivity index (χ0) is 18.9. The van der Waals surface area contributed by atoms with Crippen molar-refractivity contribution in [3.05, 3.63) is 38.7 Å². The van der Waals surface area contributed by atoms with E-state index in [2.05, 4.69) is 38.7 Å². The van der Waals surface area contributed by atoms with Crippen LogP contribution in [0.15, 0.2) is 15.3 Å². The van der Waals surface area contributed by atoms with Crippen molar-refractivity contribution in [3.8, 4) is 12.1 Å². The molecule has 2 aliphatic rings. The van der Waals surface area contributed by atoms with E-state index in [9.17, 15) is 15.3 Å². The first-order valence-corrected chi connectivity index (χ1v) is 8.95. The summed E-state index contributed by atoms with van der Waals surface area (Å²) in [5.74, 6) is 0. The standard InChI is InChI=1S/C21H21N3O2/c1-20(2)5-7-24-8-6-21(3,4)16-17(24)15(20)9-12-13(10-22)14(11-23)19(25)26-18(12)16/h9H,5-8H2,1-4H3. The predicted octanol–water partition coefficient (Wildman–Crippen LogP) is 3.71. The fourth-order valence-electron chi connectivity index (χ4n) is 4.44. The minimum atomic E-state index is -0.726. The summed E-state index contributed by atoms with van der Waals surface area (Å²) in [6.45, 7) is 10.7. The van der Waals surface area contributed by atoms with Crippen LogP contribution >= 0.6 is 0 Å².